The third-order valence-electron chi connectivity index (χ3n) is 2.44. The lowest BCUT2D eigenvalue weighted by atomic mass is 10.3. The summed E-state index contributed by atoms with van der Waals surface area (Å²) in [6, 6.07) is 5.08. The molecule has 0 aliphatic heterocycles. The average Bonchev–Trinajstić information content (AvgIpc) is 2.35. The number of nitrogen functional groups attached to an aromatic ring is 1. The number of sulfonamides is 1. The fourth-order valence-electron chi connectivity index (χ4n) is 1.44. The molecule has 0 aromatic heterocycles. The Hall–Kier alpha value is -1.60. The largest absolute Gasteiger partial charge is 0.399 e. The van der Waals surface area contributed by atoms with E-state index < -0.39 is 16.1 Å². The Morgan fingerprint density at radius 2 is 2.11 bits per heavy atom. The summed E-state index contributed by atoms with van der Waals surface area (Å²) in [5, 5.41) is 2.63. The van der Waals surface area contributed by atoms with Crippen LogP contribution in [0, 0.1) is 0 Å². The van der Waals surface area contributed by atoms with E-state index in [9.17, 15) is 13.2 Å². The van der Waals surface area contributed by atoms with Gasteiger partial charge in [0, 0.05) is 12.2 Å². The zero-order valence-corrected chi connectivity index (χ0v) is 11.8. The third kappa shape index (κ3) is 4.53. The molecule has 0 spiro atoms. The minimum Gasteiger partial charge on any atom is -0.399 e. The first-order valence-corrected chi connectivity index (χ1v) is 7.50. The van der Waals surface area contributed by atoms with Crippen LogP contribution in [0.5, 0.6) is 0 Å². The molecule has 1 aromatic rings. The molecule has 0 fully saturated rings. The second kappa shape index (κ2) is 6.53. The van der Waals surface area contributed by atoms with E-state index in [-0.39, 0.29) is 10.8 Å². The van der Waals surface area contributed by atoms with Gasteiger partial charge in [0.25, 0.3) is 0 Å². The lowest BCUT2D eigenvalue weighted by Gasteiger charge is -2.14. The van der Waals surface area contributed by atoms with E-state index in [1.54, 1.807) is 12.1 Å². The Morgan fingerprint density at radius 1 is 1.42 bits per heavy atom. The molecule has 0 saturated carbocycles. The maximum Gasteiger partial charge on any atom is 0.241 e. The Bertz CT molecular complexity index is 543. The second-order valence-corrected chi connectivity index (χ2v) is 5.92. The molecule has 6 nitrogen and oxygen atoms in total. The van der Waals surface area contributed by atoms with E-state index in [4.69, 9.17) is 5.73 Å². The highest BCUT2D eigenvalue weighted by Gasteiger charge is 2.21. The van der Waals surface area contributed by atoms with Gasteiger partial charge in [-0.3, -0.25) is 4.79 Å². The average molecular weight is 285 g/mol. The predicted molar refractivity (Wildman–Crippen MR) is 73.9 cm³/mol. The molecule has 0 radical (unpaired) electrons. The number of carbonyl (C=O) groups is 1. The Labute approximate surface area is 113 Å². The highest BCUT2D eigenvalue weighted by molar-refractivity contribution is 7.89. The van der Waals surface area contributed by atoms with Gasteiger partial charge >= 0.3 is 0 Å². The van der Waals surface area contributed by atoms with Crippen molar-refractivity contribution in [2.45, 2.75) is 31.2 Å². The maximum atomic E-state index is 12.0. The van der Waals surface area contributed by atoms with Crippen LogP contribution in [0.4, 0.5) is 5.69 Å². The predicted octanol–water partition coefficient (Wildman–Crippen LogP) is 0.462. The van der Waals surface area contributed by atoms with Crippen molar-refractivity contribution >= 4 is 21.6 Å². The van der Waals surface area contributed by atoms with Gasteiger partial charge in [-0.15, -0.1) is 0 Å². The highest BCUT2D eigenvalue weighted by Crippen LogP contribution is 2.12. The fourth-order valence-corrected chi connectivity index (χ4v) is 2.69. The molecule has 0 aliphatic carbocycles. The number of benzene rings is 1. The minimum absolute atomic E-state index is 0.0441. The van der Waals surface area contributed by atoms with Crippen LogP contribution in [0.1, 0.15) is 20.3 Å². The van der Waals surface area contributed by atoms with Gasteiger partial charge in [-0.25, -0.2) is 8.42 Å². The molecule has 0 heterocycles. The van der Waals surface area contributed by atoms with Crippen LogP contribution in [0.15, 0.2) is 29.2 Å². The Balaban J connectivity index is 2.77. The highest BCUT2D eigenvalue weighted by atomic mass is 32.2. The van der Waals surface area contributed by atoms with Crippen LogP contribution in [0.2, 0.25) is 0 Å². The molecule has 7 heteroatoms. The maximum absolute atomic E-state index is 12.0. The number of carbonyl (C=O) groups excluding carboxylic acids is 1. The summed E-state index contributed by atoms with van der Waals surface area (Å²) in [5.74, 6) is -0.352. The third-order valence-corrected chi connectivity index (χ3v) is 3.98. The summed E-state index contributed by atoms with van der Waals surface area (Å²) in [6.45, 7) is 3.93. The molecule has 0 aliphatic rings. The van der Waals surface area contributed by atoms with Crippen molar-refractivity contribution < 1.29 is 13.2 Å². The van der Waals surface area contributed by atoms with Crippen molar-refractivity contribution in [2.24, 2.45) is 0 Å². The molecule has 4 N–H and O–H groups in total. The molecule has 106 valence electrons. The van der Waals surface area contributed by atoms with E-state index >= 15 is 0 Å². The van der Waals surface area contributed by atoms with E-state index in [0.717, 1.165) is 6.42 Å². The number of nitrogens with two attached hydrogens (primary N) is 1. The SMILES string of the molecule is CCCNC(=O)C(C)NS(=O)(=O)c1cccc(N)c1. The number of hydrogen-bond donors (Lipinski definition) is 3. The zero-order chi connectivity index (χ0) is 14.5. The minimum atomic E-state index is -3.74. The molecular weight excluding hydrogens is 266 g/mol. The van der Waals surface area contributed by atoms with Crippen LogP contribution < -0.4 is 15.8 Å². The summed E-state index contributed by atoms with van der Waals surface area (Å²) >= 11 is 0. The number of amides is 1. The van der Waals surface area contributed by atoms with Crippen LogP contribution in [0.25, 0.3) is 0 Å². The topological polar surface area (TPSA) is 101 Å². The lowest BCUT2D eigenvalue weighted by Crippen LogP contribution is -2.44. The summed E-state index contributed by atoms with van der Waals surface area (Å²) in [6.07, 6.45) is 0.792. The van der Waals surface area contributed by atoms with Gasteiger partial charge in [0.15, 0.2) is 0 Å². The van der Waals surface area contributed by atoms with Crippen LogP contribution >= 0.6 is 0 Å². The molecule has 1 unspecified atom stereocenters. The van der Waals surface area contributed by atoms with Crippen molar-refractivity contribution in [1.82, 2.24) is 10.0 Å². The van der Waals surface area contributed by atoms with Gasteiger partial charge in [0.1, 0.15) is 0 Å². The van der Waals surface area contributed by atoms with E-state index in [1.165, 1.54) is 19.1 Å². The molecule has 1 aromatic carbocycles. The molecule has 0 saturated heterocycles. The van der Waals surface area contributed by atoms with Crippen molar-refractivity contribution in [3.05, 3.63) is 24.3 Å². The van der Waals surface area contributed by atoms with Crippen LogP contribution in [-0.4, -0.2) is 26.9 Å². The summed E-state index contributed by atoms with van der Waals surface area (Å²) in [5.41, 5.74) is 5.89. The van der Waals surface area contributed by atoms with Gasteiger partial charge in [0.2, 0.25) is 15.9 Å². The van der Waals surface area contributed by atoms with Crippen molar-refractivity contribution in [1.29, 1.82) is 0 Å². The molecule has 19 heavy (non-hydrogen) atoms. The molecular formula is C12H19N3O3S. The molecule has 0 bridgehead atoms. The molecule has 1 rings (SSSR count). The quantitative estimate of drug-likeness (QED) is 0.661. The fraction of sp³-hybridized carbons (Fsp3) is 0.417. The van der Waals surface area contributed by atoms with Crippen LogP contribution in [0.3, 0.4) is 0 Å². The summed E-state index contributed by atoms with van der Waals surface area (Å²) in [7, 11) is -3.74. The number of anilines is 1. The molecule has 1 amide bonds. The first kappa shape index (κ1) is 15.5. The standard InChI is InChI=1S/C12H19N3O3S/c1-3-7-14-12(16)9(2)15-19(17,18)11-6-4-5-10(13)8-11/h4-6,8-9,15H,3,7,13H2,1-2H3,(H,14,16). The van der Waals surface area contributed by atoms with Gasteiger partial charge < -0.3 is 11.1 Å². The monoisotopic (exact) mass is 285 g/mol. The van der Waals surface area contributed by atoms with Gasteiger partial charge in [-0.1, -0.05) is 13.0 Å². The van der Waals surface area contributed by atoms with Crippen molar-refractivity contribution in [3.63, 3.8) is 0 Å². The first-order chi connectivity index (χ1) is 8.86. The van der Waals surface area contributed by atoms with E-state index in [1.807, 2.05) is 6.92 Å². The van der Waals surface area contributed by atoms with Crippen molar-refractivity contribution in [3.8, 4) is 0 Å². The zero-order valence-electron chi connectivity index (χ0n) is 11.0. The molecule has 1 atom stereocenters. The van der Waals surface area contributed by atoms with Gasteiger partial charge in [-0.05, 0) is 31.5 Å². The van der Waals surface area contributed by atoms with Crippen molar-refractivity contribution in [2.75, 3.05) is 12.3 Å². The van der Waals surface area contributed by atoms with Gasteiger partial charge in [-0.2, -0.15) is 4.72 Å². The van der Waals surface area contributed by atoms with Gasteiger partial charge in [0.05, 0.1) is 10.9 Å². The lowest BCUT2D eigenvalue weighted by molar-refractivity contribution is -0.122. The summed E-state index contributed by atoms with van der Waals surface area (Å²) < 4.78 is 26.4. The number of nitrogens with one attached hydrogen (secondary N) is 2. The first-order valence-electron chi connectivity index (χ1n) is 6.02. The van der Waals surface area contributed by atoms with E-state index in [2.05, 4.69) is 10.0 Å². The van der Waals surface area contributed by atoms with Crippen LogP contribution in [-0.2, 0) is 14.8 Å². The summed E-state index contributed by atoms with van der Waals surface area (Å²) in [4.78, 5) is 11.7. The normalized spacial score (nSPS) is 12.9. The number of hydrogen-bond acceptors (Lipinski definition) is 4. The smallest absolute Gasteiger partial charge is 0.241 e. The Kier molecular flexibility index (Phi) is 5.31. The second-order valence-electron chi connectivity index (χ2n) is 4.21. The number of rotatable bonds is 6. The Morgan fingerprint density at radius 3 is 2.68 bits per heavy atom. The van der Waals surface area contributed by atoms with E-state index in [0.29, 0.717) is 12.2 Å².